The molecule has 31 heavy (non-hydrogen) atoms. The predicted molar refractivity (Wildman–Crippen MR) is 112 cm³/mol. The zero-order chi connectivity index (χ0) is 22.5. The first-order chi connectivity index (χ1) is 14.7. The Labute approximate surface area is 183 Å². The summed E-state index contributed by atoms with van der Waals surface area (Å²) in [5.41, 5.74) is 1.15. The van der Waals surface area contributed by atoms with E-state index < -0.39 is 11.8 Å². The molecule has 0 aliphatic rings. The second-order valence-electron chi connectivity index (χ2n) is 7.13. The van der Waals surface area contributed by atoms with Gasteiger partial charge in [-0.25, -0.2) is 9.18 Å². The zero-order valence-electron chi connectivity index (χ0n) is 17.2. The zero-order valence-corrected chi connectivity index (χ0v) is 18.0. The first-order valence-corrected chi connectivity index (χ1v) is 9.88. The minimum Gasteiger partial charge on any atom is -0.459 e. The normalized spacial score (nSPS) is 10.9. The Morgan fingerprint density at radius 1 is 1.23 bits per heavy atom. The van der Waals surface area contributed by atoms with Crippen LogP contribution in [0.1, 0.15) is 29.8 Å². The van der Waals surface area contributed by atoms with Crippen LogP contribution in [0.5, 0.6) is 0 Å². The molecule has 3 rings (SSSR count). The summed E-state index contributed by atoms with van der Waals surface area (Å²) in [4.78, 5) is 27.1. The van der Waals surface area contributed by atoms with Gasteiger partial charge < -0.3 is 9.64 Å². The minimum absolute atomic E-state index is 0.00586. The summed E-state index contributed by atoms with van der Waals surface area (Å²) in [5, 5.41) is 12.3. The number of amides is 1. The van der Waals surface area contributed by atoms with Crippen LogP contribution in [-0.4, -0.2) is 50.1 Å². The number of rotatable bonds is 7. The molecule has 0 unspecified atom stereocenters. The molecule has 0 fully saturated rings. The maximum Gasteiger partial charge on any atom is 0.338 e. The molecule has 8 nitrogen and oxygen atoms in total. The highest BCUT2D eigenvalue weighted by Gasteiger charge is 2.17. The molecule has 0 spiro atoms. The van der Waals surface area contributed by atoms with E-state index in [2.05, 4.69) is 15.4 Å². The van der Waals surface area contributed by atoms with Crippen LogP contribution >= 0.6 is 11.6 Å². The van der Waals surface area contributed by atoms with E-state index in [1.807, 2.05) is 0 Å². The van der Waals surface area contributed by atoms with Crippen LogP contribution in [0.3, 0.4) is 0 Å². The second-order valence-corrected chi connectivity index (χ2v) is 7.54. The predicted octanol–water partition coefficient (Wildman–Crippen LogP) is 3.36. The van der Waals surface area contributed by atoms with Gasteiger partial charge in [0.25, 0.3) is 0 Å². The highest BCUT2D eigenvalue weighted by atomic mass is 35.5. The SMILES string of the molecule is CC(C)OC(=O)c1cccc(-c2nnn(CC(=O)N(C)Cc3c(F)cccc3Cl)n2)c1. The molecule has 0 atom stereocenters. The van der Waals surface area contributed by atoms with Crippen LogP contribution < -0.4 is 0 Å². The molecule has 0 radical (unpaired) electrons. The number of carbonyl (C=O) groups is 2. The van der Waals surface area contributed by atoms with Crippen molar-refractivity contribution in [1.29, 1.82) is 0 Å². The molecule has 2 aromatic carbocycles. The lowest BCUT2D eigenvalue weighted by molar-refractivity contribution is -0.131. The van der Waals surface area contributed by atoms with Gasteiger partial charge in [-0.1, -0.05) is 29.8 Å². The molecule has 0 aliphatic heterocycles. The number of carbonyl (C=O) groups excluding carboxylic acids is 2. The standard InChI is InChI=1S/C21H21ClFN5O3/c1-13(2)31-21(30)15-7-4-6-14(10-15)20-24-26-28(25-20)12-19(29)27(3)11-16-17(22)8-5-9-18(16)23/h4-10,13H,11-12H2,1-3H3. The number of benzene rings is 2. The highest BCUT2D eigenvalue weighted by molar-refractivity contribution is 6.31. The molecule has 0 bridgehead atoms. The van der Waals surface area contributed by atoms with Crippen LogP contribution in [0.2, 0.25) is 5.02 Å². The van der Waals surface area contributed by atoms with Crippen LogP contribution in [0.4, 0.5) is 4.39 Å². The molecule has 0 saturated heterocycles. The van der Waals surface area contributed by atoms with Crippen LogP contribution in [0, 0.1) is 5.82 Å². The Hall–Kier alpha value is -3.33. The van der Waals surface area contributed by atoms with Gasteiger partial charge in [-0.05, 0) is 43.3 Å². The Morgan fingerprint density at radius 2 is 1.97 bits per heavy atom. The van der Waals surface area contributed by atoms with Crippen LogP contribution in [0.25, 0.3) is 11.4 Å². The maximum atomic E-state index is 14.0. The van der Waals surface area contributed by atoms with Crippen molar-refractivity contribution in [3.63, 3.8) is 0 Å². The molecule has 0 aliphatic carbocycles. The summed E-state index contributed by atoms with van der Waals surface area (Å²) >= 11 is 6.02. The lowest BCUT2D eigenvalue weighted by Gasteiger charge is -2.18. The summed E-state index contributed by atoms with van der Waals surface area (Å²) in [6.45, 7) is 3.35. The average Bonchev–Trinajstić information content (AvgIpc) is 3.19. The van der Waals surface area contributed by atoms with E-state index in [9.17, 15) is 14.0 Å². The van der Waals surface area contributed by atoms with Gasteiger partial charge in [0, 0.05) is 29.7 Å². The van der Waals surface area contributed by atoms with E-state index in [-0.39, 0.29) is 41.5 Å². The highest BCUT2D eigenvalue weighted by Crippen LogP contribution is 2.20. The lowest BCUT2D eigenvalue weighted by atomic mass is 10.1. The van der Waals surface area contributed by atoms with E-state index in [1.54, 1.807) is 44.2 Å². The van der Waals surface area contributed by atoms with E-state index in [1.165, 1.54) is 24.1 Å². The molecular weight excluding hydrogens is 425 g/mol. The fourth-order valence-electron chi connectivity index (χ4n) is 2.74. The first kappa shape index (κ1) is 22.4. The largest absolute Gasteiger partial charge is 0.459 e. The van der Waals surface area contributed by atoms with Crippen molar-refractivity contribution in [2.45, 2.75) is 33.0 Å². The molecule has 1 heterocycles. The van der Waals surface area contributed by atoms with Crippen molar-refractivity contribution >= 4 is 23.5 Å². The molecule has 0 saturated carbocycles. The van der Waals surface area contributed by atoms with Gasteiger partial charge in [-0.2, -0.15) is 4.80 Å². The number of aromatic nitrogens is 4. The van der Waals surface area contributed by atoms with E-state index in [0.717, 1.165) is 4.80 Å². The molecule has 1 amide bonds. The van der Waals surface area contributed by atoms with Crippen molar-refractivity contribution in [3.8, 4) is 11.4 Å². The summed E-state index contributed by atoms with van der Waals surface area (Å²) < 4.78 is 19.1. The number of esters is 1. The quantitative estimate of drug-likeness (QED) is 0.518. The Kier molecular flexibility index (Phi) is 6.96. The van der Waals surface area contributed by atoms with E-state index >= 15 is 0 Å². The number of hydrogen-bond acceptors (Lipinski definition) is 6. The molecule has 3 aromatic rings. The van der Waals surface area contributed by atoms with Crippen molar-refractivity contribution in [1.82, 2.24) is 25.1 Å². The summed E-state index contributed by atoms with van der Waals surface area (Å²) in [7, 11) is 1.53. The van der Waals surface area contributed by atoms with Gasteiger partial charge in [0.1, 0.15) is 12.4 Å². The minimum atomic E-state index is -0.482. The third-order valence-corrected chi connectivity index (χ3v) is 4.67. The summed E-state index contributed by atoms with van der Waals surface area (Å²) in [6.07, 6.45) is -0.239. The summed E-state index contributed by atoms with van der Waals surface area (Å²) in [6, 6.07) is 11.0. The molecule has 10 heteroatoms. The fourth-order valence-corrected chi connectivity index (χ4v) is 2.97. The number of ether oxygens (including phenoxy) is 1. The topological polar surface area (TPSA) is 90.2 Å². The van der Waals surface area contributed by atoms with Crippen molar-refractivity contribution in [2.24, 2.45) is 0 Å². The van der Waals surface area contributed by atoms with Gasteiger partial charge >= 0.3 is 5.97 Å². The van der Waals surface area contributed by atoms with Gasteiger partial charge in [0.2, 0.25) is 11.7 Å². The second kappa shape index (κ2) is 9.65. The average molecular weight is 446 g/mol. The number of hydrogen-bond donors (Lipinski definition) is 0. The number of nitrogens with zero attached hydrogens (tertiary/aromatic N) is 5. The van der Waals surface area contributed by atoms with Crippen molar-refractivity contribution < 1.29 is 18.7 Å². The van der Waals surface area contributed by atoms with Gasteiger partial charge in [0.15, 0.2) is 0 Å². The maximum absolute atomic E-state index is 14.0. The monoisotopic (exact) mass is 445 g/mol. The van der Waals surface area contributed by atoms with E-state index in [0.29, 0.717) is 11.1 Å². The molecular formula is C21H21ClFN5O3. The van der Waals surface area contributed by atoms with Gasteiger partial charge in [-0.15, -0.1) is 10.2 Å². The number of halogens is 2. The summed E-state index contributed by atoms with van der Waals surface area (Å²) in [5.74, 6) is -1.03. The van der Waals surface area contributed by atoms with Crippen LogP contribution in [0.15, 0.2) is 42.5 Å². The smallest absolute Gasteiger partial charge is 0.338 e. The third kappa shape index (κ3) is 5.64. The molecule has 1 aromatic heterocycles. The van der Waals surface area contributed by atoms with Gasteiger partial charge in [-0.3, -0.25) is 4.79 Å². The molecule has 162 valence electrons. The fraction of sp³-hybridized carbons (Fsp3) is 0.286. The van der Waals surface area contributed by atoms with Crippen molar-refractivity contribution in [2.75, 3.05) is 7.05 Å². The van der Waals surface area contributed by atoms with Crippen LogP contribution in [-0.2, 0) is 22.6 Å². The van der Waals surface area contributed by atoms with E-state index in [4.69, 9.17) is 16.3 Å². The lowest BCUT2D eigenvalue weighted by Crippen LogP contribution is -2.31. The van der Waals surface area contributed by atoms with Crippen molar-refractivity contribution in [3.05, 3.63) is 64.4 Å². The van der Waals surface area contributed by atoms with Gasteiger partial charge in [0.05, 0.1) is 11.7 Å². The Balaban J connectivity index is 1.68. The number of tetrazole rings is 1. The number of likely N-dealkylation sites (N-methyl/N-ethyl adjacent to an activating group) is 1. The molecule has 0 N–H and O–H groups in total. The third-order valence-electron chi connectivity index (χ3n) is 4.31. The Morgan fingerprint density at radius 3 is 2.68 bits per heavy atom. The Bertz CT molecular complexity index is 1080. The first-order valence-electron chi connectivity index (χ1n) is 9.50.